The van der Waals surface area contributed by atoms with E-state index in [0.29, 0.717) is 5.92 Å². The highest BCUT2D eigenvalue weighted by atomic mass is 16.5. The van der Waals surface area contributed by atoms with E-state index in [9.17, 15) is 0 Å². The first-order valence-electron chi connectivity index (χ1n) is 7.71. The van der Waals surface area contributed by atoms with Crippen molar-refractivity contribution in [3.63, 3.8) is 0 Å². The summed E-state index contributed by atoms with van der Waals surface area (Å²) in [5.74, 6) is 1.61. The summed E-state index contributed by atoms with van der Waals surface area (Å²) in [7, 11) is 3.97. The normalized spacial score (nSPS) is 19.0. The molecule has 0 aromatic heterocycles. The van der Waals surface area contributed by atoms with Gasteiger partial charge < -0.3 is 9.64 Å². The lowest BCUT2D eigenvalue weighted by atomic mass is 9.96. The molecule has 112 valence electrons. The molecule has 3 nitrogen and oxygen atoms in total. The molecule has 1 aromatic rings. The number of ether oxygens (including phenoxy) is 1. The van der Waals surface area contributed by atoms with Gasteiger partial charge in [-0.3, -0.25) is 4.90 Å². The van der Waals surface area contributed by atoms with Gasteiger partial charge in [-0.25, -0.2) is 0 Å². The van der Waals surface area contributed by atoms with E-state index in [4.69, 9.17) is 4.74 Å². The second-order valence-electron chi connectivity index (χ2n) is 5.97. The molecule has 1 aliphatic rings. The van der Waals surface area contributed by atoms with Gasteiger partial charge in [-0.15, -0.1) is 0 Å². The molecule has 0 aliphatic carbocycles. The third kappa shape index (κ3) is 3.74. The lowest BCUT2D eigenvalue weighted by Gasteiger charge is -2.32. The number of likely N-dealkylation sites (N-methyl/N-ethyl adjacent to an activating group) is 1. The molecule has 0 N–H and O–H groups in total. The number of benzene rings is 1. The maximum absolute atomic E-state index is 5.59. The molecular weight excluding hydrogens is 248 g/mol. The maximum atomic E-state index is 5.59. The zero-order valence-electron chi connectivity index (χ0n) is 13.4. The Morgan fingerprint density at radius 3 is 2.50 bits per heavy atom. The molecule has 1 aromatic carbocycles. The minimum Gasteiger partial charge on any atom is -0.496 e. The summed E-state index contributed by atoms with van der Waals surface area (Å²) < 4.78 is 5.59. The molecule has 20 heavy (non-hydrogen) atoms. The molecule has 0 radical (unpaired) electrons. The first-order chi connectivity index (χ1) is 9.63. The summed E-state index contributed by atoms with van der Waals surface area (Å²) in [6.07, 6.45) is 1.15. The Balaban J connectivity index is 2.05. The highest BCUT2D eigenvalue weighted by Crippen LogP contribution is 2.29. The predicted molar refractivity (Wildman–Crippen MR) is 84.5 cm³/mol. The van der Waals surface area contributed by atoms with Crippen molar-refractivity contribution in [2.75, 3.05) is 40.3 Å². The highest BCUT2D eigenvalue weighted by Gasteiger charge is 2.15. The van der Waals surface area contributed by atoms with Gasteiger partial charge in [0.2, 0.25) is 0 Å². The van der Waals surface area contributed by atoms with Gasteiger partial charge in [0.15, 0.2) is 0 Å². The Morgan fingerprint density at radius 2 is 1.90 bits per heavy atom. The van der Waals surface area contributed by atoms with E-state index < -0.39 is 0 Å². The molecular formula is C17H28N2O. The van der Waals surface area contributed by atoms with Gasteiger partial charge in [0, 0.05) is 32.7 Å². The van der Waals surface area contributed by atoms with Crippen LogP contribution in [-0.4, -0.2) is 50.1 Å². The van der Waals surface area contributed by atoms with E-state index >= 15 is 0 Å². The van der Waals surface area contributed by atoms with Gasteiger partial charge in [-0.2, -0.15) is 0 Å². The zero-order chi connectivity index (χ0) is 14.5. The molecule has 0 saturated carbocycles. The molecule has 0 spiro atoms. The van der Waals surface area contributed by atoms with Crippen LogP contribution in [0, 0.1) is 0 Å². The average molecular weight is 276 g/mol. The van der Waals surface area contributed by atoms with Gasteiger partial charge in [-0.05, 0) is 36.6 Å². The quantitative estimate of drug-likeness (QED) is 0.822. The van der Waals surface area contributed by atoms with E-state index in [1.54, 1.807) is 7.11 Å². The van der Waals surface area contributed by atoms with Crippen LogP contribution in [0.3, 0.4) is 0 Å². The van der Waals surface area contributed by atoms with Crippen molar-refractivity contribution in [1.29, 1.82) is 0 Å². The lowest BCUT2D eigenvalue weighted by Crippen LogP contribution is -2.43. The summed E-state index contributed by atoms with van der Waals surface area (Å²) >= 11 is 0. The minimum atomic E-state index is 0.558. The van der Waals surface area contributed by atoms with E-state index in [-0.39, 0.29) is 0 Å². The minimum absolute atomic E-state index is 0.558. The standard InChI is InChI=1S/C17H28N2O/c1-5-14(2)16-7-6-15(12-17(16)20-4)13-19-10-8-18(3)9-11-19/h6-7,12,14H,5,8-11,13H2,1-4H3. The smallest absolute Gasteiger partial charge is 0.122 e. The molecule has 1 fully saturated rings. The Bertz CT molecular complexity index is 425. The Hall–Kier alpha value is -1.06. The maximum Gasteiger partial charge on any atom is 0.122 e. The van der Waals surface area contributed by atoms with Crippen molar-refractivity contribution < 1.29 is 4.74 Å². The van der Waals surface area contributed by atoms with E-state index in [2.05, 4.69) is 48.9 Å². The van der Waals surface area contributed by atoms with Crippen molar-refractivity contribution >= 4 is 0 Å². The van der Waals surface area contributed by atoms with Crippen LogP contribution < -0.4 is 4.74 Å². The number of hydrogen-bond donors (Lipinski definition) is 0. The molecule has 1 unspecified atom stereocenters. The van der Waals surface area contributed by atoms with Gasteiger partial charge in [0.05, 0.1) is 7.11 Å². The van der Waals surface area contributed by atoms with Crippen LogP contribution in [0.15, 0.2) is 18.2 Å². The number of methoxy groups -OCH3 is 1. The third-order valence-corrected chi connectivity index (χ3v) is 4.44. The third-order valence-electron chi connectivity index (χ3n) is 4.44. The summed E-state index contributed by atoms with van der Waals surface area (Å²) in [5, 5.41) is 0. The molecule has 1 saturated heterocycles. The second kappa shape index (κ2) is 7.09. The monoisotopic (exact) mass is 276 g/mol. The van der Waals surface area contributed by atoms with E-state index in [1.165, 1.54) is 24.2 Å². The van der Waals surface area contributed by atoms with Crippen molar-refractivity contribution in [2.45, 2.75) is 32.7 Å². The van der Waals surface area contributed by atoms with Crippen molar-refractivity contribution in [3.8, 4) is 5.75 Å². The van der Waals surface area contributed by atoms with Crippen LogP contribution in [0.5, 0.6) is 5.75 Å². The number of hydrogen-bond acceptors (Lipinski definition) is 3. The Kier molecular flexibility index (Phi) is 5.44. The largest absolute Gasteiger partial charge is 0.496 e. The molecule has 0 amide bonds. The SMILES string of the molecule is CCC(C)c1ccc(CN2CCN(C)CC2)cc1OC. The topological polar surface area (TPSA) is 15.7 Å². The zero-order valence-corrected chi connectivity index (χ0v) is 13.4. The molecule has 1 atom stereocenters. The molecule has 2 rings (SSSR count). The Labute approximate surface area is 123 Å². The van der Waals surface area contributed by atoms with Gasteiger partial charge >= 0.3 is 0 Å². The van der Waals surface area contributed by atoms with Crippen molar-refractivity contribution in [3.05, 3.63) is 29.3 Å². The fraction of sp³-hybridized carbons (Fsp3) is 0.647. The predicted octanol–water partition coefficient (Wildman–Crippen LogP) is 2.96. The summed E-state index contributed by atoms with van der Waals surface area (Å²) in [4.78, 5) is 4.92. The van der Waals surface area contributed by atoms with Crippen LogP contribution in [0.1, 0.15) is 37.3 Å². The number of piperazine rings is 1. The molecule has 1 heterocycles. The summed E-state index contributed by atoms with van der Waals surface area (Å²) in [5.41, 5.74) is 2.69. The van der Waals surface area contributed by atoms with Crippen LogP contribution >= 0.6 is 0 Å². The second-order valence-corrected chi connectivity index (χ2v) is 5.97. The number of rotatable bonds is 5. The first kappa shape index (κ1) is 15.3. The fourth-order valence-corrected chi connectivity index (χ4v) is 2.75. The van der Waals surface area contributed by atoms with Crippen LogP contribution in [0.25, 0.3) is 0 Å². The summed E-state index contributed by atoms with van der Waals surface area (Å²) in [6, 6.07) is 6.74. The van der Waals surface area contributed by atoms with Gasteiger partial charge in [0.1, 0.15) is 5.75 Å². The number of nitrogens with zero attached hydrogens (tertiary/aromatic N) is 2. The summed E-state index contributed by atoms with van der Waals surface area (Å²) in [6.45, 7) is 10.2. The van der Waals surface area contributed by atoms with E-state index in [0.717, 1.165) is 31.8 Å². The van der Waals surface area contributed by atoms with E-state index in [1.807, 2.05) is 0 Å². The highest BCUT2D eigenvalue weighted by molar-refractivity contribution is 5.39. The van der Waals surface area contributed by atoms with Crippen LogP contribution in [0.4, 0.5) is 0 Å². The van der Waals surface area contributed by atoms with Gasteiger partial charge in [0.25, 0.3) is 0 Å². The van der Waals surface area contributed by atoms with Crippen LogP contribution in [0.2, 0.25) is 0 Å². The molecule has 0 bridgehead atoms. The fourth-order valence-electron chi connectivity index (χ4n) is 2.75. The first-order valence-corrected chi connectivity index (χ1v) is 7.71. The lowest BCUT2D eigenvalue weighted by molar-refractivity contribution is 0.148. The van der Waals surface area contributed by atoms with Crippen molar-refractivity contribution in [1.82, 2.24) is 9.80 Å². The average Bonchev–Trinajstić information content (AvgIpc) is 2.48. The molecule has 3 heteroatoms. The molecule has 1 aliphatic heterocycles. The van der Waals surface area contributed by atoms with Crippen LogP contribution in [-0.2, 0) is 6.54 Å². The van der Waals surface area contributed by atoms with Crippen molar-refractivity contribution in [2.24, 2.45) is 0 Å². The Morgan fingerprint density at radius 1 is 1.20 bits per heavy atom. The van der Waals surface area contributed by atoms with Gasteiger partial charge in [-0.1, -0.05) is 26.0 Å².